The normalized spacial score (nSPS) is 18.1. The van der Waals surface area contributed by atoms with Gasteiger partial charge in [0.25, 0.3) is 0 Å². The van der Waals surface area contributed by atoms with Gasteiger partial charge in [-0.3, -0.25) is 0 Å². The third kappa shape index (κ3) is 2.97. The van der Waals surface area contributed by atoms with Crippen molar-refractivity contribution in [1.82, 2.24) is 9.97 Å². The number of hydrogen-bond donors (Lipinski definition) is 1. The van der Waals surface area contributed by atoms with Gasteiger partial charge >= 0.3 is 0 Å². The number of anilines is 2. The maximum Gasteiger partial charge on any atom is 0.163 e. The number of thiophene rings is 1. The van der Waals surface area contributed by atoms with Crippen LogP contribution >= 0.6 is 23.7 Å². The van der Waals surface area contributed by atoms with Crippen molar-refractivity contribution in [3.8, 4) is 11.5 Å². The highest BCUT2D eigenvalue weighted by Crippen LogP contribution is 2.41. The third-order valence-corrected chi connectivity index (χ3v) is 6.06. The van der Waals surface area contributed by atoms with Crippen molar-refractivity contribution in [3.05, 3.63) is 35.0 Å². The fourth-order valence-corrected chi connectivity index (χ4v) is 4.98. The van der Waals surface area contributed by atoms with Crippen LogP contribution in [0.4, 0.5) is 11.5 Å². The van der Waals surface area contributed by atoms with E-state index in [0.717, 1.165) is 46.6 Å². The molecule has 0 bridgehead atoms. The van der Waals surface area contributed by atoms with E-state index in [2.05, 4.69) is 22.2 Å². The van der Waals surface area contributed by atoms with E-state index in [0.29, 0.717) is 13.2 Å². The van der Waals surface area contributed by atoms with Gasteiger partial charge in [-0.25, -0.2) is 9.97 Å². The molecular weight excluding hydrogens is 370 g/mol. The zero-order chi connectivity index (χ0) is 16.8. The lowest BCUT2D eigenvalue weighted by Gasteiger charge is -2.20. The molecule has 1 atom stereocenters. The van der Waals surface area contributed by atoms with Crippen molar-refractivity contribution < 1.29 is 9.47 Å². The van der Waals surface area contributed by atoms with Crippen molar-refractivity contribution in [2.75, 3.05) is 18.5 Å². The molecule has 3 heterocycles. The van der Waals surface area contributed by atoms with E-state index >= 15 is 0 Å². The van der Waals surface area contributed by atoms with Crippen LogP contribution < -0.4 is 14.8 Å². The molecule has 0 saturated carbocycles. The number of halogens is 1. The summed E-state index contributed by atoms with van der Waals surface area (Å²) in [4.78, 5) is 11.6. The van der Waals surface area contributed by atoms with Gasteiger partial charge < -0.3 is 14.8 Å². The molecule has 0 radical (unpaired) electrons. The summed E-state index contributed by atoms with van der Waals surface area (Å²) in [5, 5.41) is 4.65. The molecule has 1 aromatic carbocycles. The van der Waals surface area contributed by atoms with E-state index in [9.17, 15) is 0 Å². The van der Waals surface area contributed by atoms with Crippen molar-refractivity contribution in [3.63, 3.8) is 0 Å². The summed E-state index contributed by atoms with van der Waals surface area (Å²) >= 11 is 1.82. The second kappa shape index (κ2) is 6.93. The smallest absolute Gasteiger partial charge is 0.163 e. The van der Waals surface area contributed by atoms with Gasteiger partial charge in [0.2, 0.25) is 0 Å². The molecule has 5 rings (SSSR count). The number of nitrogens with zero attached hydrogens (tertiary/aromatic N) is 2. The van der Waals surface area contributed by atoms with Gasteiger partial charge in [-0.1, -0.05) is 6.92 Å². The van der Waals surface area contributed by atoms with E-state index < -0.39 is 0 Å². The Labute approximate surface area is 162 Å². The van der Waals surface area contributed by atoms with E-state index in [1.54, 1.807) is 6.33 Å². The van der Waals surface area contributed by atoms with Gasteiger partial charge in [0.1, 0.15) is 30.2 Å². The Morgan fingerprint density at radius 1 is 1.15 bits per heavy atom. The van der Waals surface area contributed by atoms with Crippen LogP contribution in [-0.4, -0.2) is 23.2 Å². The van der Waals surface area contributed by atoms with Crippen LogP contribution in [0, 0.1) is 5.92 Å². The molecule has 3 aromatic rings. The predicted octanol–water partition coefficient (Wildman–Crippen LogP) is 4.75. The van der Waals surface area contributed by atoms with Crippen LogP contribution in [0.1, 0.15) is 23.8 Å². The number of nitrogens with one attached hydrogen (secondary N) is 1. The molecule has 2 aromatic heterocycles. The molecule has 0 amide bonds. The molecule has 2 aliphatic rings. The van der Waals surface area contributed by atoms with Crippen LogP contribution in [0.2, 0.25) is 0 Å². The average Bonchev–Trinajstić information content (AvgIpc) is 3.00. The monoisotopic (exact) mass is 389 g/mol. The Morgan fingerprint density at radius 2 is 2.00 bits per heavy atom. The van der Waals surface area contributed by atoms with Crippen molar-refractivity contribution in [1.29, 1.82) is 0 Å². The maximum absolute atomic E-state index is 5.68. The molecule has 136 valence electrons. The summed E-state index contributed by atoms with van der Waals surface area (Å²) in [6.45, 7) is 3.52. The molecule has 0 fully saturated rings. The van der Waals surface area contributed by atoms with Crippen LogP contribution in [0.5, 0.6) is 11.5 Å². The fourth-order valence-electron chi connectivity index (χ4n) is 3.63. The number of ether oxygens (including phenoxy) is 2. The number of benzene rings is 1. The minimum Gasteiger partial charge on any atom is -0.486 e. The molecule has 1 aliphatic heterocycles. The first kappa shape index (κ1) is 17.4. The van der Waals surface area contributed by atoms with Gasteiger partial charge in [0, 0.05) is 16.6 Å². The summed E-state index contributed by atoms with van der Waals surface area (Å²) in [7, 11) is 0. The number of hydrogen-bond acceptors (Lipinski definition) is 6. The minimum absolute atomic E-state index is 0. The Bertz CT molecular complexity index is 959. The first-order chi connectivity index (χ1) is 12.3. The lowest BCUT2D eigenvalue weighted by molar-refractivity contribution is 0.171. The second-order valence-corrected chi connectivity index (χ2v) is 7.82. The Kier molecular flexibility index (Phi) is 4.63. The van der Waals surface area contributed by atoms with Crippen molar-refractivity contribution >= 4 is 45.5 Å². The van der Waals surface area contributed by atoms with Gasteiger partial charge in [0.15, 0.2) is 11.5 Å². The van der Waals surface area contributed by atoms with Crippen LogP contribution in [0.3, 0.4) is 0 Å². The second-order valence-electron chi connectivity index (χ2n) is 6.74. The summed E-state index contributed by atoms with van der Waals surface area (Å²) < 4.78 is 11.3. The molecule has 5 nitrogen and oxygen atoms in total. The van der Waals surface area contributed by atoms with E-state index in [4.69, 9.17) is 9.47 Å². The summed E-state index contributed by atoms with van der Waals surface area (Å²) in [5.74, 6) is 3.21. The predicted molar refractivity (Wildman–Crippen MR) is 107 cm³/mol. The quantitative estimate of drug-likeness (QED) is 0.685. The lowest BCUT2D eigenvalue weighted by Crippen LogP contribution is -2.15. The molecule has 1 unspecified atom stereocenters. The molecule has 1 aliphatic carbocycles. The van der Waals surface area contributed by atoms with Crippen LogP contribution in [0.25, 0.3) is 10.2 Å². The van der Waals surface area contributed by atoms with Gasteiger partial charge in [-0.2, -0.15) is 0 Å². The lowest BCUT2D eigenvalue weighted by atomic mass is 9.89. The molecule has 26 heavy (non-hydrogen) atoms. The van der Waals surface area contributed by atoms with E-state index in [1.807, 2.05) is 29.5 Å². The summed E-state index contributed by atoms with van der Waals surface area (Å²) in [6, 6.07) is 5.92. The Hall–Kier alpha value is -2.05. The Balaban J connectivity index is 0.00000168. The van der Waals surface area contributed by atoms with E-state index in [-0.39, 0.29) is 12.4 Å². The summed E-state index contributed by atoms with van der Waals surface area (Å²) in [5.41, 5.74) is 2.38. The highest BCUT2D eigenvalue weighted by Gasteiger charge is 2.23. The van der Waals surface area contributed by atoms with Gasteiger partial charge in [-0.05, 0) is 42.9 Å². The first-order valence-electron chi connectivity index (χ1n) is 8.70. The molecule has 0 saturated heterocycles. The Morgan fingerprint density at radius 3 is 2.88 bits per heavy atom. The van der Waals surface area contributed by atoms with E-state index in [1.165, 1.54) is 22.2 Å². The molecule has 7 heteroatoms. The first-order valence-corrected chi connectivity index (χ1v) is 9.51. The van der Waals surface area contributed by atoms with Gasteiger partial charge in [0.05, 0.1) is 5.39 Å². The topological polar surface area (TPSA) is 56.3 Å². The van der Waals surface area contributed by atoms with Crippen molar-refractivity contribution in [2.45, 2.75) is 26.2 Å². The van der Waals surface area contributed by atoms with Gasteiger partial charge in [-0.15, -0.1) is 23.7 Å². The highest BCUT2D eigenvalue weighted by molar-refractivity contribution is 7.19. The van der Waals surface area contributed by atoms with Crippen LogP contribution in [0.15, 0.2) is 24.5 Å². The van der Waals surface area contributed by atoms with Crippen molar-refractivity contribution in [2.24, 2.45) is 5.92 Å². The maximum atomic E-state index is 5.68. The zero-order valence-corrected chi connectivity index (χ0v) is 16.1. The SMILES string of the molecule is CC1CCc2c(sc3ncnc(Nc4ccc5c(c4)OCCO5)c23)C1.Cl. The molecule has 0 spiro atoms. The number of aromatic nitrogens is 2. The van der Waals surface area contributed by atoms with Crippen LogP contribution in [-0.2, 0) is 12.8 Å². The average molecular weight is 390 g/mol. The third-order valence-electron chi connectivity index (χ3n) is 4.90. The molecule has 1 N–H and O–H groups in total. The summed E-state index contributed by atoms with van der Waals surface area (Å²) in [6.07, 6.45) is 5.14. The number of aryl methyl sites for hydroxylation is 1. The largest absolute Gasteiger partial charge is 0.486 e. The number of fused-ring (bicyclic) bond motifs is 4. The standard InChI is InChI=1S/C19H19N3O2S.ClH/c1-11-2-4-13-16(8-11)25-19-17(13)18(20-10-21-19)22-12-3-5-14-15(9-12)24-7-6-23-14;/h3,5,9-11H,2,4,6-8H2,1H3,(H,20,21,22);1H. The molecular formula is C19H20ClN3O2S. The fraction of sp³-hybridized carbons (Fsp3) is 0.368. The minimum atomic E-state index is 0. The highest BCUT2D eigenvalue weighted by atomic mass is 35.5. The zero-order valence-electron chi connectivity index (χ0n) is 14.4. The number of rotatable bonds is 2.